The predicted molar refractivity (Wildman–Crippen MR) is 99.1 cm³/mol. The summed E-state index contributed by atoms with van der Waals surface area (Å²) in [5.74, 6) is -1.31. The van der Waals surface area contributed by atoms with E-state index in [9.17, 15) is 14.4 Å². The molecule has 2 amide bonds. The van der Waals surface area contributed by atoms with Crippen LogP contribution in [0.25, 0.3) is 0 Å². The monoisotopic (exact) mass is 385 g/mol. The minimum absolute atomic E-state index is 0.00551. The molecule has 8 nitrogen and oxygen atoms in total. The number of nitrogens with one attached hydrogen (secondary N) is 2. The van der Waals surface area contributed by atoms with E-state index < -0.39 is 11.9 Å². The van der Waals surface area contributed by atoms with Crippen LogP contribution in [0.3, 0.4) is 0 Å². The van der Waals surface area contributed by atoms with E-state index in [1.165, 1.54) is 11.3 Å². The zero-order chi connectivity index (χ0) is 19.2. The zero-order valence-corrected chi connectivity index (χ0v) is 15.0. The molecule has 0 aliphatic carbocycles. The van der Waals surface area contributed by atoms with Crippen LogP contribution in [0.2, 0.25) is 0 Å². The highest BCUT2D eigenvalue weighted by molar-refractivity contribution is 7.12. The lowest BCUT2D eigenvalue weighted by molar-refractivity contribution is 0.0526. The summed E-state index contributed by atoms with van der Waals surface area (Å²) in [6.07, 6.45) is 1.15. The van der Waals surface area contributed by atoms with Gasteiger partial charge >= 0.3 is 12.0 Å². The third-order valence-electron chi connectivity index (χ3n) is 3.36. The number of ether oxygens (including phenoxy) is 1. The van der Waals surface area contributed by atoms with Gasteiger partial charge in [0.2, 0.25) is 0 Å². The fraction of sp³-hybridized carbons (Fsp3) is 0.111. The third kappa shape index (κ3) is 4.59. The largest absolute Gasteiger partial charge is 0.462 e. The van der Waals surface area contributed by atoms with Crippen LogP contribution in [0.15, 0.2) is 52.5 Å². The molecule has 138 valence electrons. The number of thiophene rings is 1. The maximum absolute atomic E-state index is 12.2. The maximum atomic E-state index is 12.2. The van der Waals surface area contributed by atoms with Gasteiger partial charge in [0.1, 0.15) is 6.26 Å². The van der Waals surface area contributed by atoms with Gasteiger partial charge in [-0.3, -0.25) is 14.9 Å². The van der Waals surface area contributed by atoms with E-state index in [4.69, 9.17) is 9.15 Å². The lowest BCUT2D eigenvalue weighted by Crippen LogP contribution is -2.14. The molecule has 1 aromatic carbocycles. The smallest absolute Gasteiger partial charge is 0.338 e. The number of rotatable bonds is 6. The minimum atomic E-state index is -0.515. The lowest BCUT2D eigenvalue weighted by atomic mass is 10.2. The standard InChI is InChI=1S/C18H15N3O5S/c1-2-25-17(24)11-5-7-12(8-6-11)19-15(22)13-10-26-18(20-13)21-16(23)14-4-3-9-27-14/h3-10H,2H2,1H3,(H,19,22)(H,20,21,23). The topological polar surface area (TPSA) is 111 Å². The first-order valence-corrected chi connectivity index (χ1v) is 8.83. The summed E-state index contributed by atoms with van der Waals surface area (Å²) < 4.78 is 10.0. The average Bonchev–Trinajstić information content (AvgIpc) is 3.34. The van der Waals surface area contributed by atoms with E-state index in [1.807, 2.05) is 0 Å². The Kier molecular flexibility index (Phi) is 5.62. The molecule has 0 saturated carbocycles. The number of esters is 1. The van der Waals surface area contributed by atoms with Gasteiger partial charge in [-0.2, -0.15) is 4.98 Å². The number of hydrogen-bond donors (Lipinski definition) is 2. The predicted octanol–water partition coefficient (Wildman–Crippen LogP) is 3.42. The van der Waals surface area contributed by atoms with Gasteiger partial charge in [0.05, 0.1) is 17.0 Å². The first-order valence-electron chi connectivity index (χ1n) is 7.95. The van der Waals surface area contributed by atoms with Crippen molar-refractivity contribution in [1.82, 2.24) is 4.98 Å². The van der Waals surface area contributed by atoms with E-state index in [0.717, 1.165) is 6.26 Å². The van der Waals surface area contributed by atoms with Crippen molar-refractivity contribution in [2.45, 2.75) is 6.92 Å². The Labute approximate surface area is 158 Å². The van der Waals surface area contributed by atoms with Crippen LogP contribution < -0.4 is 10.6 Å². The summed E-state index contributed by atoms with van der Waals surface area (Å²) in [5.41, 5.74) is 0.862. The number of aromatic nitrogens is 1. The molecule has 0 bridgehead atoms. The van der Waals surface area contributed by atoms with E-state index >= 15 is 0 Å². The number of nitrogens with zero attached hydrogens (tertiary/aromatic N) is 1. The quantitative estimate of drug-likeness (QED) is 0.629. The fourth-order valence-corrected chi connectivity index (χ4v) is 2.72. The van der Waals surface area contributed by atoms with Crippen molar-refractivity contribution in [1.29, 1.82) is 0 Å². The molecule has 2 heterocycles. The Morgan fingerprint density at radius 1 is 1.11 bits per heavy atom. The highest BCUT2D eigenvalue weighted by Crippen LogP contribution is 2.15. The summed E-state index contributed by atoms with van der Waals surface area (Å²) in [6.45, 7) is 2.01. The second-order valence-electron chi connectivity index (χ2n) is 5.22. The van der Waals surface area contributed by atoms with Crippen molar-refractivity contribution in [3.63, 3.8) is 0 Å². The number of carbonyl (C=O) groups excluding carboxylic acids is 3. The number of anilines is 2. The Bertz CT molecular complexity index is 948. The van der Waals surface area contributed by atoms with Crippen LogP contribution in [0.5, 0.6) is 0 Å². The summed E-state index contributed by atoms with van der Waals surface area (Å²) >= 11 is 1.28. The van der Waals surface area contributed by atoms with Gasteiger partial charge in [0.25, 0.3) is 11.8 Å². The van der Waals surface area contributed by atoms with Gasteiger partial charge < -0.3 is 14.5 Å². The molecule has 27 heavy (non-hydrogen) atoms. The molecule has 3 rings (SSSR count). The normalized spacial score (nSPS) is 10.3. The number of hydrogen-bond acceptors (Lipinski definition) is 7. The van der Waals surface area contributed by atoms with E-state index in [2.05, 4.69) is 15.6 Å². The molecule has 3 aromatic rings. The van der Waals surface area contributed by atoms with Gasteiger partial charge in [-0.1, -0.05) is 6.07 Å². The number of carbonyl (C=O) groups is 3. The van der Waals surface area contributed by atoms with Gasteiger partial charge in [-0.15, -0.1) is 11.3 Å². The van der Waals surface area contributed by atoms with Crippen LogP contribution in [-0.4, -0.2) is 29.4 Å². The molecule has 0 unspecified atom stereocenters. The second kappa shape index (κ2) is 8.28. The van der Waals surface area contributed by atoms with Crippen molar-refractivity contribution in [3.05, 3.63) is 64.2 Å². The number of benzene rings is 1. The first-order chi connectivity index (χ1) is 13.1. The van der Waals surface area contributed by atoms with Crippen molar-refractivity contribution in [2.24, 2.45) is 0 Å². The Morgan fingerprint density at radius 2 is 1.89 bits per heavy atom. The summed E-state index contributed by atoms with van der Waals surface area (Å²) in [5, 5.41) is 6.88. The van der Waals surface area contributed by atoms with Crippen molar-refractivity contribution < 1.29 is 23.5 Å². The van der Waals surface area contributed by atoms with Crippen molar-refractivity contribution in [3.8, 4) is 0 Å². The molecule has 9 heteroatoms. The zero-order valence-electron chi connectivity index (χ0n) is 14.2. The number of amides is 2. The molecule has 2 N–H and O–H groups in total. The molecule has 0 atom stereocenters. The first kappa shape index (κ1) is 18.3. The number of oxazole rings is 1. The highest BCUT2D eigenvalue weighted by Gasteiger charge is 2.16. The third-order valence-corrected chi connectivity index (χ3v) is 4.22. The van der Waals surface area contributed by atoms with E-state index in [-0.39, 0.29) is 24.2 Å². The molecule has 2 aromatic heterocycles. The van der Waals surface area contributed by atoms with Crippen LogP contribution in [0.1, 0.15) is 37.4 Å². The summed E-state index contributed by atoms with van der Waals surface area (Å²) in [7, 11) is 0. The van der Waals surface area contributed by atoms with Crippen molar-refractivity contribution in [2.75, 3.05) is 17.2 Å². The maximum Gasteiger partial charge on any atom is 0.338 e. The SMILES string of the molecule is CCOC(=O)c1ccc(NC(=O)c2coc(NC(=O)c3cccs3)n2)cc1. The Hall–Kier alpha value is -3.46. The average molecular weight is 385 g/mol. The van der Waals surface area contributed by atoms with Gasteiger partial charge in [0.15, 0.2) is 5.69 Å². The molecular weight excluding hydrogens is 370 g/mol. The highest BCUT2D eigenvalue weighted by atomic mass is 32.1. The van der Waals surface area contributed by atoms with Crippen LogP contribution >= 0.6 is 11.3 Å². The molecule has 0 spiro atoms. The van der Waals surface area contributed by atoms with Gasteiger partial charge in [-0.25, -0.2) is 4.79 Å². The van der Waals surface area contributed by atoms with Gasteiger partial charge in [0, 0.05) is 5.69 Å². The Balaban J connectivity index is 1.61. The van der Waals surface area contributed by atoms with Crippen LogP contribution in [0.4, 0.5) is 11.7 Å². The lowest BCUT2D eigenvalue weighted by Gasteiger charge is -2.05. The molecule has 0 aliphatic rings. The van der Waals surface area contributed by atoms with E-state index in [0.29, 0.717) is 16.1 Å². The van der Waals surface area contributed by atoms with Crippen molar-refractivity contribution >= 4 is 40.8 Å². The van der Waals surface area contributed by atoms with Crippen LogP contribution in [-0.2, 0) is 4.74 Å². The van der Waals surface area contributed by atoms with E-state index in [1.54, 1.807) is 48.7 Å². The van der Waals surface area contributed by atoms with Crippen LogP contribution in [0, 0.1) is 0 Å². The summed E-state index contributed by atoms with van der Waals surface area (Å²) in [6, 6.07) is 9.58. The second-order valence-corrected chi connectivity index (χ2v) is 6.17. The van der Waals surface area contributed by atoms with Gasteiger partial charge in [-0.05, 0) is 42.6 Å². The molecule has 0 saturated heterocycles. The molecule has 0 fully saturated rings. The molecule has 0 radical (unpaired) electrons. The molecular formula is C18H15N3O5S. The molecule has 0 aliphatic heterocycles. The Morgan fingerprint density at radius 3 is 2.56 bits per heavy atom. The fourth-order valence-electron chi connectivity index (χ4n) is 2.10. The summed E-state index contributed by atoms with van der Waals surface area (Å²) in [4.78, 5) is 40.2. The minimum Gasteiger partial charge on any atom is -0.462 e.